The van der Waals surface area contributed by atoms with Crippen LogP contribution in [0.5, 0.6) is 0 Å². The van der Waals surface area contributed by atoms with Crippen molar-refractivity contribution in [2.24, 2.45) is 0 Å². The monoisotopic (exact) mass is 376 g/mol. The van der Waals surface area contributed by atoms with E-state index in [1.165, 1.54) is 4.90 Å². The predicted octanol–water partition coefficient (Wildman–Crippen LogP) is -1.94. The van der Waals surface area contributed by atoms with Gasteiger partial charge in [0, 0.05) is 0 Å². The minimum atomic E-state index is 0.351. The second kappa shape index (κ2) is 13.3. The van der Waals surface area contributed by atoms with Crippen molar-refractivity contribution in [1.82, 2.24) is 19.6 Å². The van der Waals surface area contributed by atoms with Gasteiger partial charge in [-0.2, -0.15) is 0 Å². The SMILES string of the molecule is CN(C)C(N(C)CCOCCOCC[NH+](C)C(N(C)C)N(C)C)=[N+](C)C. The van der Waals surface area contributed by atoms with Crippen molar-refractivity contribution in [1.29, 1.82) is 0 Å². The molecule has 0 aromatic carbocycles. The highest BCUT2D eigenvalue weighted by molar-refractivity contribution is 5.74. The van der Waals surface area contributed by atoms with E-state index in [1.807, 2.05) is 0 Å². The Bertz CT molecular complexity index is 389. The summed E-state index contributed by atoms with van der Waals surface area (Å²) >= 11 is 0. The molecule has 0 amide bonds. The zero-order valence-electron chi connectivity index (χ0n) is 18.9. The van der Waals surface area contributed by atoms with E-state index in [9.17, 15) is 0 Å². The van der Waals surface area contributed by atoms with Crippen molar-refractivity contribution in [3.8, 4) is 0 Å². The van der Waals surface area contributed by atoms with Gasteiger partial charge in [-0.25, -0.2) is 9.80 Å². The predicted molar refractivity (Wildman–Crippen MR) is 108 cm³/mol. The number of hydrogen-bond donors (Lipinski definition) is 1. The Morgan fingerprint density at radius 2 is 1.35 bits per heavy atom. The normalized spacial score (nSPS) is 12.8. The van der Waals surface area contributed by atoms with E-state index in [0.717, 1.165) is 25.7 Å². The molecule has 1 unspecified atom stereocenters. The Labute approximate surface area is 161 Å². The molecule has 0 aromatic rings. The van der Waals surface area contributed by atoms with Gasteiger partial charge in [-0.1, -0.05) is 0 Å². The molecule has 0 spiro atoms. The lowest BCUT2D eigenvalue weighted by molar-refractivity contribution is -0.930. The quantitative estimate of drug-likeness (QED) is 0.141. The van der Waals surface area contributed by atoms with E-state index in [0.29, 0.717) is 26.1 Å². The maximum Gasteiger partial charge on any atom is 0.349 e. The van der Waals surface area contributed by atoms with Crippen LogP contribution in [0.1, 0.15) is 0 Å². The summed E-state index contributed by atoms with van der Waals surface area (Å²) in [6.45, 7) is 4.53. The molecule has 0 fully saturated rings. The molecular formula is C18H44N6O2+2. The van der Waals surface area contributed by atoms with Crippen LogP contribution < -0.4 is 4.90 Å². The summed E-state index contributed by atoms with van der Waals surface area (Å²) in [4.78, 5) is 10.2. The van der Waals surface area contributed by atoms with Crippen LogP contribution >= 0.6 is 0 Å². The van der Waals surface area contributed by atoms with E-state index in [-0.39, 0.29) is 0 Å². The molecule has 0 bridgehead atoms. The van der Waals surface area contributed by atoms with Crippen LogP contribution in [0.2, 0.25) is 0 Å². The van der Waals surface area contributed by atoms with Gasteiger partial charge in [0.1, 0.15) is 6.54 Å². The van der Waals surface area contributed by atoms with Gasteiger partial charge in [0.25, 0.3) is 0 Å². The van der Waals surface area contributed by atoms with Gasteiger partial charge < -0.3 is 14.4 Å². The summed E-state index contributed by atoms with van der Waals surface area (Å²) in [7, 11) is 20.9. The summed E-state index contributed by atoms with van der Waals surface area (Å²) in [5.74, 6) is 1.16. The third-order valence-corrected chi connectivity index (χ3v) is 4.14. The molecule has 0 aliphatic carbocycles. The first kappa shape index (κ1) is 25.1. The number of nitrogens with one attached hydrogen (secondary N) is 1. The summed E-state index contributed by atoms with van der Waals surface area (Å²) in [6, 6.07) is 0. The highest BCUT2D eigenvalue weighted by Gasteiger charge is 2.22. The zero-order valence-corrected chi connectivity index (χ0v) is 18.9. The average Bonchev–Trinajstić information content (AvgIpc) is 2.48. The van der Waals surface area contributed by atoms with Gasteiger partial charge in [0.2, 0.25) is 6.29 Å². The molecule has 1 N–H and O–H groups in total. The van der Waals surface area contributed by atoms with Crippen LogP contribution in [0.3, 0.4) is 0 Å². The molecule has 0 aliphatic heterocycles. The maximum absolute atomic E-state index is 5.73. The van der Waals surface area contributed by atoms with Crippen molar-refractivity contribution in [2.75, 3.05) is 110 Å². The lowest BCUT2D eigenvalue weighted by Crippen LogP contribution is -3.16. The second-order valence-corrected chi connectivity index (χ2v) is 7.63. The molecular weight excluding hydrogens is 332 g/mol. The Hall–Kier alpha value is -0.930. The van der Waals surface area contributed by atoms with Gasteiger partial charge in [0.05, 0.1) is 75.3 Å². The smallest absolute Gasteiger partial charge is 0.349 e. The molecule has 8 heteroatoms. The standard InChI is InChI=1S/C18H43N6O2/c1-19(2)17(20(3)4)23(9)11-13-25-15-16-26-14-12-24(10)18(21(5)6)22(7)8/h17H,11-16H2,1-10H3/q+1/p+1. The highest BCUT2D eigenvalue weighted by atomic mass is 16.5. The van der Waals surface area contributed by atoms with Gasteiger partial charge in [-0.3, -0.25) is 14.4 Å². The third kappa shape index (κ3) is 9.68. The molecule has 0 radical (unpaired) electrons. The number of likely N-dealkylation sites (N-methyl/N-ethyl adjacent to an activating group) is 2. The molecule has 0 rings (SSSR count). The van der Waals surface area contributed by atoms with E-state index < -0.39 is 0 Å². The number of quaternary nitrogens is 1. The summed E-state index contributed by atoms with van der Waals surface area (Å²) in [5.41, 5.74) is 0. The van der Waals surface area contributed by atoms with Crippen LogP contribution in [0, 0.1) is 0 Å². The van der Waals surface area contributed by atoms with E-state index in [2.05, 4.69) is 94.7 Å². The molecule has 0 aliphatic rings. The first-order valence-corrected chi connectivity index (χ1v) is 9.33. The second-order valence-electron chi connectivity index (χ2n) is 7.63. The van der Waals surface area contributed by atoms with Gasteiger partial charge in [-0.05, 0) is 28.2 Å². The van der Waals surface area contributed by atoms with E-state index in [4.69, 9.17) is 9.47 Å². The average molecular weight is 377 g/mol. The van der Waals surface area contributed by atoms with Crippen LogP contribution in [0.25, 0.3) is 0 Å². The maximum atomic E-state index is 5.73. The topological polar surface area (TPSA) is 38.9 Å². The van der Waals surface area contributed by atoms with Gasteiger partial charge >= 0.3 is 5.96 Å². The van der Waals surface area contributed by atoms with Crippen LogP contribution in [-0.2, 0) is 9.47 Å². The molecule has 26 heavy (non-hydrogen) atoms. The molecule has 0 saturated carbocycles. The van der Waals surface area contributed by atoms with Crippen molar-refractivity contribution in [2.45, 2.75) is 6.29 Å². The van der Waals surface area contributed by atoms with E-state index >= 15 is 0 Å². The minimum Gasteiger partial charge on any atom is -0.376 e. The zero-order chi connectivity index (χ0) is 20.3. The lowest BCUT2D eigenvalue weighted by Gasteiger charge is -2.34. The van der Waals surface area contributed by atoms with Crippen LogP contribution in [0.15, 0.2) is 0 Å². The molecule has 0 saturated heterocycles. The molecule has 0 heterocycles. The summed E-state index contributed by atoms with van der Waals surface area (Å²) in [5, 5.41) is 0. The Kier molecular flexibility index (Phi) is 12.8. The number of hydrogen-bond acceptors (Lipinski definition) is 4. The van der Waals surface area contributed by atoms with Crippen LogP contribution in [-0.4, -0.2) is 146 Å². The van der Waals surface area contributed by atoms with Crippen LogP contribution in [0.4, 0.5) is 0 Å². The first-order valence-electron chi connectivity index (χ1n) is 9.33. The van der Waals surface area contributed by atoms with E-state index in [1.54, 1.807) is 0 Å². The third-order valence-electron chi connectivity index (χ3n) is 4.14. The summed E-state index contributed by atoms with van der Waals surface area (Å²) in [6.07, 6.45) is 0.351. The Morgan fingerprint density at radius 1 is 0.846 bits per heavy atom. The molecule has 0 aromatic heterocycles. The van der Waals surface area contributed by atoms with Crippen molar-refractivity contribution < 1.29 is 18.9 Å². The number of ether oxygens (including phenoxy) is 2. The van der Waals surface area contributed by atoms with Crippen molar-refractivity contribution in [3.63, 3.8) is 0 Å². The fourth-order valence-corrected chi connectivity index (χ4v) is 3.41. The van der Waals surface area contributed by atoms with Gasteiger partial charge in [-0.15, -0.1) is 0 Å². The van der Waals surface area contributed by atoms with Crippen molar-refractivity contribution in [3.05, 3.63) is 0 Å². The minimum absolute atomic E-state index is 0.351. The highest BCUT2D eigenvalue weighted by Crippen LogP contribution is 1.92. The first-order chi connectivity index (χ1) is 12.1. The number of nitrogens with zero attached hydrogens (tertiary/aromatic N) is 5. The molecule has 156 valence electrons. The van der Waals surface area contributed by atoms with Crippen molar-refractivity contribution >= 4 is 5.96 Å². The lowest BCUT2D eigenvalue weighted by atomic mass is 10.5. The Balaban J connectivity index is 3.88. The summed E-state index contributed by atoms with van der Waals surface area (Å²) < 4.78 is 13.5. The fourth-order valence-electron chi connectivity index (χ4n) is 3.41. The number of rotatable bonds is 12. The largest absolute Gasteiger partial charge is 0.376 e. The molecule has 1 atom stereocenters. The Morgan fingerprint density at radius 3 is 1.77 bits per heavy atom. The van der Waals surface area contributed by atoms with Gasteiger partial charge in [0.15, 0.2) is 0 Å². The molecule has 8 nitrogen and oxygen atoms in total. The fraction of sp³-hybridized carbons (Fsp3) is 0.944. The number of guanidine groups is 1.